The molecule has 0 spiro atoms. The smallest absolute Gasteiger partial charge is 0.231 e. The van der Waals surface area contributed by atoms with E-state index >= 15 is 0 Å². The molecule has 0 saturated carbocycles. The third kappa shape index (κ3) is 3.53. The third-order valence-electron chi connectivity index (χ3n) is 3.62. The van der Waals surface area contributed by atoms with Gasteiger partial charge in [-0.15, -0.1) is 10.2 Å². The number of benzene rings is 1. The molecule has 1 aliphatic heterocycles. The van der Waals surface area contributed by atoms with Gasteiger partial charge in [-0.3, -0.25) is 9.59 Å². The summed E-state index contributed by atoms with van der Waals surface area (Å²) in [4.78, 5) is 26.2. The molecule has 1 N–H and O–H groups in total. The third-order valence-corrected chi connectivity index (χ3v) is 5.43. The van der Waals surface area contributed by atoms with Crippen LogP contribution in [0.1, 0.15) is 12.0 Å². The molecule has 0 unspecified atom stereocenters. The lowest BCUT2D eigenvalue weighted by Crippen LogP contribution is -2.28. The van der Waals surface area contributed by atoms with Gasteiger partial charge in [0.25, 0.3) is 0 Å². The Balaban J connectivity index is 1.68. The second-order valence-corrected chi connectivity index (χ2v) is 7.34. The quantitative estimate of drug-likeness (QED) is 0.679. The summed E-state index contributed by atoms with van der Waals surface area (Å²) in [6.07, 6.45) is 2.12. The standard InChI is InChI=1S/C15H16N4O2S2/c1-9-4-3-5-11(6-9)19-8-10(7-12(19)20)13(21)16-14-17-18-15(22-2)23-14/h3-6,10H,7-8H2,1-2H3,(H,16,17,21)/t10-/m0/s1. The van der Waals surface area contributed by atoms with Gasteiger partial charge in [0.15, 0.2) is 4.34 Å². The highest BCUT2D eigenvalue weighted by atomic mass is 32.2. The zero-order valence-electron chi connectivity index (χ0n) is 12.8. The molecule has 0 radical (unpaired) electrons. The second kappa shape index (κ2) is 6.67. The van der Waals surface area contributed by atoms with E-state index in [1.807, 2.05) is 37.4 Å². The molecule has 1 atom stereocenters. The van der Waals surface area contributed by atoms with Crippen molar-refractivity contribution in [1.82, 2.24) is 10.2 Å². The number of anilines is 2. The van der Waals surface area contributed by atoms with Gasteiger partial charge in [-0.1, -0.05) is 35.2 Å². The first-order chi connectivity index (χ1) is 11.1. The lowest BCUT2D eigenvalue weighted by Gasteiger charge is -2.17. The number of rotatable bonds is 4. The number of carbonyl (C=O) groups is 2. The molecule has 1 aromatic carbocycles. The Labute approximate surface area is 142 Å². The van der Waals surface area contributed by atoms with Crippen LogP contribution in [-0.4, -0.2) is 34.8 Å². The SMILES string of the molecule is CSc1nnc(NC(=O)[C@H]2CC(=O)N(c3cccc(C)c3)C2)s1. The van der Waals surface area contributed by atoms with Crippen molar-refractivity contribution in [3.05, 3.63) is 29.8 Å². The van der Waals surface area contributed by atoms with Gasteiger partial charge < -0.3 is 10.2 Å². The van der Waals surface area contributed by atoms with Crippen LogP contribution in [-0.2, 0) is 9.59 Å². The number of hydrogen-bond donors (Lipinski definition) is 1. The van der Waals surface area contributed by atoms with Gasteiger partial charge in [0.2, 0.25) is 16.9 Å². The predicted octanol–water partition coefficient (Wildman–Crippen LogP) is 2.56. The van der Waals surface area contributed by atoms with E-state index in [1.165, 1.54) is 23.1 Å². The average molecular weight is 348 g/mol. The maximum atomic E-state index is 12.3. The number of aryl methyl sites for hydroxylation is 1. The lowest BCUT2D eigenvalue weighted by molar-refractivity contribution is -0.122. The molecule has 120 valence electrons. The summed E-state index contributed by atoms with van der Waals surface area (Å²) >= 11 is 2.81. The summed E-state index contributed by atoms with van der Waals surface area (Å²) in [7, 11) is 0. The summed E-state index contributed by atoms with van der Waals surface area (Å²) in [5.74, 6) is -0.584. The minimum atomic E-state index is -0.371. The highest BCUT2D eigenvalue weighted by Crippen LogP contribution is 2.28. The lowest BCUT2D eigenvalue weighted by atomic mass is 10.1. The number of amides is 2. The number of aromatic nitrogens is 2. The van der Waals surface area contributed by atoms with E-state index in [0.717, 1.165) is 15.6 Å². The van der Waals surface area contributed by atoms with Gasteiger partial charge >= 0.3 is 0 Å². The molecule has 0 aliphatic carbocycles. The monoisotopic (exact) mass is 348 g/mol. The fourth-order valence-corrected chi connectivity index (χ4v) is 3.65. The molecular formula is C15H16N4O2S2. The Hall–Kier alpha value is -1.93. The van der Waals surface area contributed by atoms with Gasteiger partial charge in [-0.05, 0) is 30.9 Å². The summed E-state index contributed by atoms with van der Waals surface area (Å²) in [6, 6.07) is 7.73. The van der Waals surface area contributed by atoms with Gasteiger partial charge in [0.05, 0.1) is 5.92 Å². The molecule has 1 fully saturated rings. The zero-order valence-corrected chi connectivity index (χ0v) is 14.4. The van der Waals surface area contributed by atoms with Crippen molar-refractivity contribution in [2.45, 2.75) is 17.7 Å². The van der Waals surface area contributed by atoms with E-state index < -0.39 is 0 Å². The molecule has 1 aromatic heterocycles. The van der Waals surface area contributed by atoms with Crippen LogP contribution in [0.5, 0.6) is 0 Å². The fourth-order valence-electron chi connectivity index (χ4n) is 2.48. The van der Waals surface area contributed by atoms with Crippen LogP contribution < -0.4 is 10.2 Å². The first-order valence-corrected chi connectivity index (χ1v) is 9.16. The summed E-state index contributed by atoms with van der Waals surface area (Å²) in [6.45, 7) is 2.37. The molecule has 1 saturated heterocycles. The van der Waals surface area contributed by atoms with E-state index in [-0.39, 0.29) is 24.2 Å². The van der Waals surface area contributed by atoms with Crippen LogP contribution in [0.25, 0.3) is 0 Å². The molecule has 2 aromatic rings. The van der Waals surface area contributed by atoms with Crippen LogP contribution in [0.15, 0.2) is 28.6 Å². The van der Waals surface area contributed by atoms with Crippen LogP contribution in [0.3, 0.4) is 0 Å². The van der Waals surface area contributed by atoms with Gasteiger partial charge in [0.1, 0.15) is 0 Å². The molecule has 6 nitrogen and oxygen atoms in total. The van der Waals surface area contributed by atoms with Crippen molar-refractivity contribution in [3.63, 3.8) is 0 Å². The Kier molecular flexibility index (Phi) is 4.63. The van der Waals surface area contributed by atoms with Crippen molar-refractivity contribution in [3.8, 4) is 0 Å². The van der Waals surface area contributed by atoms with Crippen molar-refractivity contribution in [2.75, 3.05) is 23.0 Å². The van der Waals surface area contributed by atoms with Crippen LogP contribution in [0.2, 0.25) is 0 Å². The number of nitrogens with zero attached hydrogens (tertiary/aromatic N) is 3. The molecule has 0 bridgehead atoms. The molecule has 2 amide bonds. The van der Waals surface area contributed by atoms with Crippen LogP contribution in [0.4, 0.5) is 10.8 Å². The van der Waals surface area contributed by atoms with Gasteiger partial charge in [-0.2, -0.15) is 0 Å². The minimum Gasteiger partial charge on any atom is -0.312 e. The molecular weight excluding hydrogens is 332 g/mol. The second-order valence-electron chi connectivity index (χ2n) is 5.31. The maximum absolute atomic E-state index is 12.3. The maximum Gasteiger partial charge on any atom is 0.231 e. The van der Waals surface area contributed by atoms with Crippen molar-refractivity contribution in [1.29, 1.82) is 0 Å². The molecule has 2 heterocycles. The van der Waals surface area contributed by atoms with Crippen molar-refractivity contribution >= 4 is 45.7 Å². The van der Waals surface area contributed by atoms with Crippen molar-refractivity contribution in [2.24, 2.45) is 5.92 Å². The average Bonchev–Trinajstić information content (AvgIpc) is 3.13. The Morgan fingerprint density at radius 1 is 1.43 bits per heavy atom. The van der Waals surface area contributed by atoms with E-state index in [2.05, 4.69) is 15.5 Å². The highest BCUT2D eigenvalue weighted by molar-refractivity contribution is 8.00. The summed E-state index contributed by atoms with van der Waals surface area (Å²) < 4.78 is 0.796. The first kappa shape index (κ1) is 15.9. The van der Waals surface area contributed by atoms with Gasteiger partial charge in [0, 0.05) is 18.7 Å². The summed E-state index contributed by atoms with van der Waals surface area (Å²) in [5.41, 5.74) is 1.92. The van der Waals surface area contributed by atoms with E-state index in [0.29, 0.717) is 11.7 Å². The highest BCUT2D eigenvalue weighted by Gasteiger charge is 2.35. The Bertz CT molecular complexity index is 747. The fraction of sp³-hybridized carbons (Fsp3) is 0.333. The minimum absolute atomic E-state index is 0.0298. The summed E-state index contributed by atoms with van der Waals surface area (Å²) in [5, 5.41) is 11.1. The zero-order chi connectivity index (χ0) is 16.4. The molecule has 3 rings (SSSR count). The predicted molar refractivity (Wildman–Crippen MR) is 92.0 cm³/mol. The normalized spacial score (nSPS) is 17.6. The largest absolute Gasteiger partial charge is 0.312 e. The van der Waals surface area contributed by atoms with Crippen LogP contribution in [0, 0.1) is 12.8 Å². The van der Waals surface area contributed by atoms with E-state index in [4.69, 9.17) is 0 Å². The first-order valence-electron chi connectivity index (χ1n) is 7.12. The number of thioether (sulfide) groups is 1. The molecule has 8 heteroatoms. The Morgan fingerprint density at radius 3 is 2.96 bits per heavy atom. The van der Waals surface area contributed by atoms with E-state index in [1.54, 1.807) is 4.90 Å². The number of nitrogens with one attached hydrogen (secondary N) is 1. The van der Waals surface area contributed by atoms with Crippen molar-refractivity contribution < 1.29 is 9.59 Å². The van der Waals surface area contributed by atoms with Crippen LogP contribution >= 0.6 is 23.1 Å². The number of hydrogen-bond acceptors (Lipinski definition) is 6. The number of carbonyl (C=O) groups excluding carboxylic acids is 2. The van der Waals surface area contributed by atoms with Gasteiger partial charge in [-0.25, -0.2) is 0 Å². The topological polar surface area (TPSA) is 75.2 Å². The van der Waals surface area contributed by atoms with E-state index in [9.17, 15) is 9.59 Å². The Morgan fingerprint density at radius 2 is 2.26 bits per heavy atom. The molecule has 23 heavy (non-hydrogen) atoms. The molecule has 1 aliphatic rings.